The second-order valence-electron chi connectivity index (χ2n) is 4.85. The van der Waals surface area contributed by atoms with E-state index in [1.807, 2.05) is 0 Å². The van der Waals surface area contributed by atoms with Crippen molar-refractivity contribution in [2.45, 2.75) is 6.54 Å². The fourth-order valence-electron chi connectivity index (χ4n) is 2.67. The number of carbonyl (C=O) groups is 2. The molecule has 2 aromatic heterocycles. The average Bonchev–Trinajstić information content (AvgIpc) is 2.87. The normalized spacial score (nSPS) is 10.7. The van der Waals surface area contributed by atoms with Crippen LogP contribution >= 0.6 is 0 Å². The molecular formula is C17H11FN2O3. The Balaban J connectivity index is 2.52. The van der Waals surface area contributed by atoms with E-state index in [0.717, 1.165) is 0 Å². The topological polar surface area (TPSA) is 61.2 Å². The number of esters is 1. The first-order chi connectivity index (χ1) is 11.1. The van der Waals surface area contributed by atoms with Crippen LogP contribution in [-0.4, -0.2) is 28.9 Å². The molecule has 23 heavy (non-hydrogen) atoms. The van der Waals surface area contributed by atoms with E-state index in [9.17, 15) is 14.0 Å². The number of nitrogens with zero attached hydrogens (tertiary/aromatic N) is 2. The predicted molar refractivity (Wildman–Crippen MR) is 82.8 cm³/mol. The number of terminal acetylenes is 1. The number of aromatic nitrogens is 2. The Morgan fingerprint density at radius 1 is 1.43 bits per heavy atom. The number of carbonyl (C=O) groups excluding carboxylic acids is 2. The first-order valence-electron chi connectivity index (χ1n) is 6.70. The van der Waals surface area contributed by atoms with Gasteiger partial charge in [0, 0.05) is 10.8 Å². The minimum absolute atomic E-state index is 0.0221. The second kappa shape index (κ2) is 5.54. The molecule has 0 unspecified atom stereocenters. The summed E-state index contributed by atoms with van der Waals surface area (Å²) in [5.74, 6) is 1.40. The highest BCUT2D eigenvalue weighted by Gasteiger charge is 2.19. The summed E-state index contributed by atoms with van der Waals surface area (Å²) in [6.07, 6.45) is 5.93. The summed E-state index contributed by atoms with van der Waals surface area (Å²) >= 11 is 0. The van der Waals surface area contributed by atoms with Gasteiger partial charge in [-0.2, -0.15) is 0 Å². The summed E-state index contributed by atoms with van der Waals surface area (Å²) in [6.45, 7) is 0.186. The quantitative estimate of drug-likeness (QED) is 0.424. The van der Waals surface area contributed by atoms with E-state index in [1.165, 1.54) is 25.3 Å². The third-order valence-electron chi connectivity index (χ3n) is 3.58. The van der Waals surface area contributed by atoms with Crippen LogP contribution in [0, 0.1) is 18.2 Å². The van der Waals surface area contributed by atoms with Gasteiger partial charge >= 0.3 is 5.97 Å². The van der Waals surface area contributed by atoms with Gasteiger partial charge in [-0.1, -0.05) is 5.92 Å². The monoisotopic (exact) mass is 310 g/mol. The van der Waals surface area contributed by atoms with Crippen LogP contribution in [0.3, 0.4) is 0 Å². The van der Waals surface area contributed by atoms with Crippen LogP contribution < -0.4 is 0 Å². The fourth-order valence-corrected chi connectivity index (χ4v) is 2.67. The molecule has 1 aromatic carbocycles. The largest absolute Gasteiger partial charge is 0.464 e. The molecule has 0 spiro atoms. The summed E-state index contributed by atoms with van der Waals surface area (Å²) in [5, 5.41) is 1.07. The Bertz CT molecular complexity index is 999. The summed E-state index contributed by atoms with van der Waals surface area (Å²) in [5.41, 5.74) is 1.15. The van der Waals surface area contributed by atoms with Gasteiger partial charge < -0.3 is 9.30 Å². The molecule has 0 N–H and O–H groups in total. The van der Waals surface area contributed by atoms with Crippen molar-refractivity contribution in [1.29, 1.82) is 0 Å². The molecular weight excluding hydrogens is 299 g/mol. The van der Waals surface area contributed by atoms with Crippen LogP contribution in [0.2, 0.25) is 0 Å². The van der Waals surface area contributed by atoms with Crippen LogP contribution in [0.5, 0.6) is 0 Å². The molecule has 0 radical (unpaired) electrons. The molecule has 5 nitrogen and oxygen atoms in total. The molecule has 114 valence electrons. The summed E-state index contributed by atoms with van der Waals surface area (Å²) < 4.78 is 20.0. The maximum Gasteiger partial charge on any atom is 0.356 e. The Labute approximate surface area is 130 Å². The van der Waals surface area contributed by atoms with Gasteiger partial charge in [0.15, 0.2) is 6.29 Å². The molecule has 0 aliphatic heterocycles. The van der Waals surface area contributed by atoms with Gasteiger partial charge in [-0.15, -0.1) is 6.42 Å². The Kier molecular flexibility index (Phi) is 3.54. The van der Waals surface area contributed by atoms with Gasteiger partial charge in [0.25, 0.3) is 0 Å². The van der Waals surface area contributed by atoms with E-state index < -0.39 is 11.8 Å². The molecule has 3 rings (SSSR count). The lowest BCUT2D eigenvalue weighted by molar-refractivity contribution is 0.0594. The first-order valence-corrected chi connectivity index (χ1v) is 6.70. The molecule has 0 atom stereocenters. The van der Waals surface area contributed by atoms with Gasteiger partial charge in [-0.3, -0.25) is 4.79 Å². The number of rotatable bonds is 3. The molecule has 0 aliphatic rings. The number of hydrogen-bond donors (Lipinski definition) is 0. The van der Waals surface area contributed by atoms with Crippen molar-refractivity contribution in [3.8, 4) is 12.3 Å². The maximum atomic E-state index is 13.6. The molecule has 0 fully saturated rings. The van der Waals surface area contributed by atoms with Crippen LogP contribution in [-0.2, 0) is 11.3 Å². The zero-order chi connectivity index (χ0) is 16.6. The first kappa shape index (κ1) is 14.7. The molecule has 0 saturated carbocycles. The van der Waals surface area contributed by atoms with Crippen LogP contribution in [0.25, 0.3) is 21.8 Å². The van der Waals surface area contributed by atoms with E-state index >= 15 is 0 Å². The highest BCUT2D eigenvalue weighted by molar-refractivity contribution is 6.13. The number of pyridine rings is 1. The van der Waals surface area contributed by atoms with Crippen LogP contribution in [0.1, 0.15) is 21.0 Å². The zero-order valence-corrected chi connectivity index (χ0v) is 12.2. The van der Waals surface area contributed by atoms with Crippen LogP contribution in [0.15, 0.2) is 24.3 Å². The van der Waals surface area contributed by atoms with Crippen molar-refractivity contribution in [1.82, 2.24) is 9.55 Å². The molecule has 0 aliphatic carbocycles. The molecule has 2 heterocycles. The fraction of sp³-hybridized carbons (Fsp3) is 0.118. The molecule has 0 amide bonds. The number of hydrogen-bond acceptors (Lipinski definition) is 4. The van der Waals surface area contributed by atoms with Gasteiger partial charge in [0.2, 0.25) is 0 Å². The SMILES string of the molecule is C#CCn1c2ccc(F)cc2c2cc(C(=O)OC)nc(C=O)c21. The predicted octanol–water partition coefficient (Wildman–Crippen LogP) is 2.56. The third kappa shape index (κ3) is 2.23. The Hall–Kier alpha value is -3.20. The summed E-state index contributed by atoms with van der Waals surface area (Å²) in [7, 11) is 1.22. The molecule has 0 saturated heterocycles. The van der Waals surface area contributed by atoms with Crippen molar-refractivity contribution >= 4 is 34.1 Å². The lowest BCUT2D eigenvalue weighted by Crippen LogP contribution is -2.07. The van der Waals surface area contributed by atoms with E-state index in [1.54, 1.807) is 10.6 Å². The van der Waals surface area contributed by atoms with E-state index in [2.05, 4.69) is 15.6 Å². The minimum Gasteiger partial charge on any atom is -0.464 e. The van der Waals surface area contributed by atoms with Crippen molar-refractivity contribution in [2.24, 2.45) is 0 Å². The van der Waals surface area contributed by atoms with Crippen molar-refractivity contribution in [3.05, 3.63) is 41.5 Å². The number of benzene rings is 1. The lowest BCUT2D eigenvalue weighted by atomic mass is 10.1. The Morgan fingerprint density at radius 3 is 2.87 bits per heavy atom. The molecule has 3 aromatic rings. The van der Waals surface area contributed by atoms with Crippen molar-refractivity contribution < 1.29 is 18.7 Å². The van der Waals surface area contributed by atoms with Crippen molar-refractivity contribution in [3.63, 3.8) is 0 Å². The lowest BCUT2D eigenvalue weighted by Gasteiger charge is -2.05. The number of methoxy groups -OCH3 is 1. The number of ether oxygens (including phenoxy) is 1. The number of aldehydes is 1. The number of halogens is 1. The van der Waals surface area contributed by atoms with Gasteiger partial charge in [0.05, 0.1) is 24.7 Å². The van der Waals surface area contributed by atoms with Gasteiger partial charge in [-0.25, -0.2) is 14.2 Å². The maximum absolute atomic E-state index is 13.6. The summed E-state index contributed by atoms with van der Waals surface area (Å²) in [6, 6.07) is 5.70. The summed E-state index contributed by atoms with van der Waals surface area (Å²) in [4.78, 5) is 27.2. The molecule has 0 bridgehead atoms. The average molecular weight is 310 g/mol. The highest BCUT2D eigenvalue weighted by Crippen LogP contribution is 2.31. The van der Waals surface area contributed by atoms with Gasteiger partial charge in [0.1, 0.15) is 17.2 Å². The van der Waals surface area contributed by atoms with Crippen LogP contribution in [0.4, 0.5) is 4.39 Å². The van der Waals surface area contributed by atoms with Gasteiger partial charge in [-0.05, 0) is 24.3 Å². The number of fused-ring (bicyclic) bond motifs is 3. The van der Waals surface area contributed by atoms with E-state index in [0.29, 0.717) is 28.1 Å². The van der Waals surface area contributed by atoms with E-state index in [4.69, 9.17) is 6.42 Å². The van der Waals surface area contributed by atoms with E-state index in [-0.39, 0.29) is 17.9 Å². The van der Waals surface area contributed by atoms with Crippen molar-refractivity contribution in [2.75, 3.05) is 7.11 Å². The standard InChI is InChI=1S/C17H11FN2O3/c1-3-6-20-15-5-4-10(18)7-11(15)12-8-13(17(22)23-2)19-14(9-21)16(12)20/h1,4-5,7-9H,6H2,2H3. The third-order valence-corrected chi connectivity index (χ3v) is 3.58. The second-order valence-corrected chi connectivity index (χ2v) is 4.85. The molecule has 6 heteroatoms. The smallest absolute Gasteiger partial charge is 0.356 e. The minimum atomic E-state index is -0.677. The Morgan fingerprint density at radius 2 is 2.22 bits per heavy atom. The zero-order valence-electron chi connectivity index (χ0n) is 12.2. The highest BCUT2D eigenvalue weighted by atomic mass is 19.1.